The van der Waals surface area contributed by atoms with E-state index in [1.54, 1.807) is 11.3 Å². The Morgan fingerprint density at radius 1 is 1.23 bits per heavy atom. The van der Waals surface area contributed by atoms with E-state index in [1.165, 1.54) is 17.5 Å². The fourth-order valence-corrected chi connectivity index (χ4v) is 4.71. The zero-order chi connectivity index (χ0) is 15.1. The fourth-order valence-electron chi connectivity index (χ4n) is 3.71. The smallest absolute Gasteiger partial charge is 0.261 e. The van der Waals surface area contributed by atoms with Gasteiger partial charge in [0.25, 0.3) is 5.91 Å². The van der Waals surface area contributed by atoms with Gasteiger partial charge in [-0.1, -0.05) is 24.3 Å². The normalized spacial score (nSPS) is 26.3. The third kappa shape index (κ3) is 2.46. The van der Waals surface area contributed by atoms with Crippen LogP contribution in [0, 0.1) is 12.8 Å². The van der Waals surface area contributed by atoms with Gasteiger partial charge in [-0.15, -0.1) is 11.3 Å². The van der Waals surface area contributed by atoms with Gasteiger partial charge >= 0.3 is 0 Å². The molecule has 2 aromatic rings. The Bertz CT molecular complexity index is 709. The molecule has 4 rings (SSSR count). The molecule has 2 heterocycles. The van der Waals surface area contributed by atoms with Gasteiger partial charge in [0.1, 0.15) is 0 Å². The summed E-state index contributed by atoms with van der Waals surface area (Å²) < 4.78 is 0. The van der Waals surface area contributed by atoms with Crippen LogP contribution in [0.4, 0.5) is 0 Å². The van der Waals surface area contributed by atoms with E-state index in [4.69, 9.17) is 0 Å². The first-order valence-electron chi connectivity index (χ1n) is 7.91. The van der Waals surface area contributed by atoms with Crippen LogP contribution in [-0.4, -0.2) is 24.5 Å². The highest BCUT2D eigenvalue weighted by Gasteiger charge is 2.40. The lowest BCUT2D eigenvalue weighted by atomic mass is 10.1. The first-order chi connectivity index (χ1) is 10.7. The van der Waals surface area contributed by atoms with Crippen LogP contribution in [0.3, 0.4) is 0 Å². The first kappa shape index (κ1) is 14.0. The Labute approximate surface area is 134 Å². The number of amides is 1. The Hall–Kier alpha value is -1.65. The Kier molecular flexibility index (Phi) is 3.51. The number of carbonyl (C=O) groups is 1. The van der Waals surface area contributed by atoms with Gasteiger partial charge in [0.2, 0.25) is 0 Å². The minimum atomic E-state index is 0.0733. The second-order valence-electron chi connectivity index (χ2n) is 6.41. The number of hydrogen-bond acceptors (Lipinski definition) is 3. The third-order valence-electron chi connectivity index (χ3n) is 4.89. The van der Waals surface area contributed by atoms with E-state index in [-0.39, 0.29) is 5.91 Å². The molecular formula is C18H20N2OS. The molecule has 1 amide bonds. The quantitative estimate of drug-likeness (QED) is 0.914. The van der Waals surface area contributed by atoms with Crippen LogP contribution in [0.25, 0.3) is 10.4 Å². The highest BCUT2D eigenvalue weighted by molar-refractivity contribution is 7.17. The number of hydrogen-bond donors (Lipinski definition) is 2. The van der Waals surface area contributed by atoms with Crippen molar-refractivity contribution in [1.82, 2.24) is 10.6 Å². The van der Waals surface area contributed by atoms with Crippen LogP contribution in [0.15, 0.2) is 36.4 Å². The number of rotatable bonds is 3. The molecule has 1 saturated carbocycles. The predicted octanol–water partition coefficient (Wildman–Crippen LogP) is 3.20. The van der Waals surface area contributed by atoms with Crippen molar-refractivity contribution in [3.8, 4) is 10.4 Å². The summed E-state index contributed by atoms with van der Waals surface area (Å²) in [6.07, 6.45) is 2.34. The van der Waals surface area contributed by atoms with Crippen LogP contribution >= 0.6 is 11.3 Å². The largest absolute Gasteiger partial charge is 0.347 e. The lowest BCUT2D eigenvalue weighted by Crippen LogP contribution is -2.47. The topological polar surface area (TPSA) is 41.1 Å². The summed E-state index contributed by atoms with van der Waals surface area (Å²) in [5.41, 5.74) is 2.46. The Morgan fingerprint density at radius 3 is 2.82 bits per heavy atom. The second-order valence-corrected chi connectivity index (χ2v) is 7.49. The van der Waals surface area contributed by atoms with E-state index < -0.39 is 0 Å². The van der Waals surface area contributed by atoms with Crippen LogP contribution < -0.4 is 10.6 Å². The fraction of sp³-hybridized carbons (Fsp3) is 0.389. The highest BCUT2D eigenvalue weighted by Crippen LogP contribution is 2.33. The molecule has 1 saturated heterocycles. The molecule has 1 aromatic carbocycles. The number of benzene rings is 1. The van der Waals surface area contributed by atoms with Crippen LogP contribution in [0.1, 0.15) is 28.1 Å². The van der Waals surface area contributed by atoms with Crippen LogP contribution in [-0.2, 0) is 0 Å². The summed E-state index contributed by atoms with van der Waals surface area (Å²) >= 11 is 1.58. The van der Waals surface area contributed by atoms with Crippen molar-refractivity contribution in [2.24, 2.45) is 5.92 Å². The standard InChI is InChI=1S/C18H20N2OS/c1-11-4-2-3-5-13(11)16-6-7-17(22-16)18(21)20-15-9-12-8-14(15)19-10-12/h2-7,12,14-15,19H,8-10H2,1H3,(H,20,21). The third-order valence-corrected chi connectivity index (χ3v) is 6.00. The van der Waals surface area contributed by atoms with Gasteiger partial charge in [-0.25, -0.2) is 0 Å². The summed E-state index contributed by atoms with van der Waals surface area (Å²) in [6, 6.07) is 13.1. The van der Waals surface area contributed by atoms with Gasteiger partial charge in [-0.05, 0) is 55.5 Å². The molecular weight excluding hydrogens is 292 g/mol. The molecule has 3 atom stereocenters. The minimum Gasteiger partial charge on any atom is -0.347 e. The SMILES string of the molecule is Cc1ccccc1-c1ccc(C(=O)NC2CC3CNC2C3)s1. The molecule has 3 unspecified atom stereocenters. The summed E-state index contributed by atoms with van der Waals surface area (Å²) in [4.78, 5) is 14.4. The van der Waals surface area contributed by atoms with E-state index in [0.717, 1.165) is 28.6 Å². The van der Waals surface area contributed by atoms with Gasteiger partial charge in [0.05, 0.1) is 4.88 Å². The highest BCUT2D eigenvalue weighted by atomic mass is 32.1. The van der Waals surface area contributed by atoms with E-state index in [0.29, 0.717) is 12.1 Å². The van der Waals surface area contributed by atoms with E-state index in [9.17, 15) is 4.79 Å². The molecule has 1 aliphatic carbocycles. The lowest BCUT2D eigenvalue weighted by Gasteiger charge is -2.23. The number of nitrogens with one attached hydrogen (secondary N) is 2. The van der Waals surface area contributed by atoms with E-state index >= 15 is 0 Å². The number of carbonyl (C=O) groups excluding carboxylic acids is 1. The molecule has 2 fully saturated rings. The van der Waals surface area contributed by atoms with E-state index in [1.807, 2.05) is 18.2 Å². The maximum absolute atomic E-state index is 12.5. The molecule has 2 aliphatic rings. The van der Waals surface area contributed by atoms with E-state index in [2.05, 4.69) is 35.8 Å². The Balaban J connectivity index is 1.49. The van der Waals surface area contributed by atoms with Crippen molar-refractivity contribution < 1.29 is 4.79 Å². The predicted molar refractivity (Wildman–Crippen MR) is 90.3 cm³/mol. The molecule has 3 nitrogen and oxygen atoms in total. The number of aryl methyl sites for hydroxylation is 1. The lowest BCUT2D eigenvalue weighted by molar-refractivity contribution is 0.0932. The monoisotopic (exact) mass is 312 g/mol. The van der Waals surface area contributed by atoms with Crippen molar-refractivity contribution in [3.63, 3.8) is 0 Å². The Morgan fingerprint density at radius 2 is 2.09 bits per heavy atom. The molecule has 2 bridgehead atoms. The van der Waals surface area contributed by atoms with Crippen molar-refractivity contribution in [1.29, 1.82) is 0 Å². The van der Waals surface area contributed by atoms with Crippen molar-refractivity contribution in [2.75, 3.05) is 6.54 Å². The van der Waals surface area contributed by atoms with Crippen molar-refractivity contribution in [2.45, 2.75) is 31.8 Å². The molecule has 1 aromatic heterocycles. The molecule has 0 spiro atoms. The number of piperidine rings is 1. The van der Waals surface area contributed by atoms with Gasteiger partial charge in [0, 0.05) is 17.0 Å². The van der Waals surface area contributed by atoms with Crippen molar-refractivity contribution in [3.05, 3.63) is 46.8 Å². The molecule has 1 aliphatic heterocycles. The second kappa shape index (κ2) is 5.52. The number of fused-ring (bicyclic) bond motifs is 2. The molecule has 114 valence electrons. The van der Waals surface area contributed by atoms with Gasteiger partial charge in [-0.2, -0.15) is 0 Å². The zero-order valence-electron chi connectivity index (χ0n) is 12.6. The molecule has 22 heavy (non-hydrogen) atoms. The number of thiophene rings is 1. The van der Waals surface area contributed by atoms with Crippen molar-refractivity contribution >= 4 is 17.2 Å². The minimum absolute atomic E-state index is 0.0733. The average Bonchev–Trinajstić information content (AvgIpc) is 3.24. The zero-order valence-corrected chi connectivity index (χ0v) is 13.5. The first-order valence-corrected chi connectivity index (χ1v) is 8.72. The summed E-state index contributed by atoms with van der Waals surface area (Å²) in [5, 5.41) is 6.71. The summed E-state index contributed by atoms with van der Waals surface area (Å²) in [6.45, 7) is 3.23. The van der Waals surface area contributed by atoms with Gasteiger partial charge < -0.3 is 10.6 Å². The molecule has 4 heteroatoms. The van der Waals surface area contributed by atoms with Crippen LogP contribution in [0.5, 0.6) is 0 Å². The molecule has 2 N–H and O–H groups in total. The van der Waals surface area contributed by atoms with Crippen LogP contribution in [0.2, 0.25) is 0 Å². The maximum atomic E-state index is 12.5. The summed E-state index contributed by atoms with van der Waals surface area (Å²) in [5.74, 6) is 0.824. The maximum Gasteiger partial charge on any atom is 0.261 e. The van der Waals surface area contributed by atoms with Gasteiger partial charge in [0.15, 0.2) is 0 Å². The average molecular weight is 312 g/mol. The summed E-state index contributed by atoms with van der Waals surface area (Å²) in [7, 11) is 0. The van der Waals surface area contributed by atoms with Gasteiger partial charge in [-0.3, -0.25) is 4.79 Å². The molecule has 0 radical (unpaired) electrons.